The molecule has 1 aromatic heterocycles. The first-order chi connectivity index (χ1) is 10.1. The summed E-state index contributed by atoms with van der Waals surface area (Å²) in [6, 6.07) is 2.43. The van der Waals surface area contributed by atoms with Gasteiger partial charge in [-0.05, 0) is 25.7 Å². The van der Waals surface area contributed by atoms with Gasteiger partial charge in [-0.2, -0.15) is 0 Å². The lowest BCUT2D eigenvalue weighted by Crippen LogP contribution is -2.37. The van der Waals surface area contributed by atoms with Gasteiger partial charge in [0.25, 0.3) is 0 Å². The summed E-state index contributed by atoms with van der Waals surface area (Å²) >= 11 is 0. The number of nitrogens with two attached hydrogens (primary N) is 1. The molecule has 1 heterocycles. The van der Waals surface area contributed by atoms with Crippen LogP contribution in [0.25, 0.3) is 0 Å². The molecule has 116 valence electrons. The third-order valence-electron chi connectivity index (χ3n) is 5.23. The van der Waals surface area contributed by atoms with Crippen LogP contribution < -0.4 is 10.6 Å². The molecule has 0 spiro atoms. The minimum atomic E-state index is 0.0543. The Morgan fingerprint density at radius 2 is 2.05 bits per heavy atom. The van der Waals surface area contributed by atoms with Crippen LogP contribution in [0.4, 0.5) is 5.82 Å². The van der Waals surface area contributed by atoms with E-state index in [0.717, 1.165) is 43.7 Å². The molecule has 1 aromatic rings. The van der Waals surface area contributed by atoms with E-state index in [2.05, 4.69) is 28.0 Å². The van der Waals surface area contributed by atoms with Crippen LogP contribution in [0.1, 0.15) is 50.1 Å². The predicted molar refractivity (Wildman–Crippen MR) is 83.2 cm³/mol. The molecule has 0 amide bonds. The number of aliphatic hydroxyl groups is 1. The highest BCUT2D eigenvalue weighted by atomic mass is 16.3. The van der Waals surface area contributed by atoms with Crippen LogP contribution in [0, 0.1) is 5.41 Å². The molecule has 3 N–H and O–H groups in total. The van der Waals surface area contributed by atoms with Crippen LogP contribution in [-0.4, -0.2) is 41.3 Å². The van der Waals surface area contributed by atoms with Crippen LogP contribution in [0.15, 0.2) is 12.4 Å². The van der Waals surface area contributed by atoms with Crippen molar-refractivity contribution in [1.82, 2.24) is 9.97 Å². The van der Waals surface area contributed by atoms with E-state index in [1.165, 1.54) is 12.8 Å². The van der Waals surface area contributed by atoms with Crippen LogP contribution in [-0.2, 0) is 0 Å². The molecule has 21 heavy (non-hydrogen) atoms. The molecule has 2 aliphatic rings. The van der Waals surface area contributed by atoms with E-state index >= 15 is 0 Å². The maximum atomic E-state index is 9.76. The topological polar surface area (TPSA) is 75.3 Å². The third-order valence-corrected chi connectivity index (χ3v) is 5.23. The second-order valence-corrected chi connectivity index (χ2v) is 6.95. The Morgan fingerprint density at radius 3 is 2.67 bits per heavy atom. The molecule has 0 radical (unpaired) electrons. The molecule has 2 aliphatic carbocycles. The molecule has 3 rings (SSSR count). The fraction of sp³-hybridized carbons (Fsp3) is 0.750. The summed E-state index contributed by atoms with van der Waals surface area (Å²) in [4.78, 5) is 11.0. The van der Waals surface area contributed by atoms with Gasteiger partial charge in [-0.25, -0.2) is 9.97 Å². The molecule has 0 atom stereocenters. The fourth-order valence-electron chi connectivity index (χ4n) is 3.77. The second-order valence-electron chi connectivity index (χ2n) is 6.95. The normalized spacial score (nSPS) is 27.4. The highest BCUT2D eigenvalue weighted by molar-refractivity contribution is 5.39. The van der Waals surface area contributed by atoms with Gasteiger partial charge in [0, 0.05) is 42.7 Å². The van der Waals surface area contributed by atoms with E-state index in [1.807, 2.05) is 0 Å². The van der Waals surface area contributed by atoms with Crippen molar-refractivity contribution in [3.8, 4) is 0 Å². The Hall–Kier alpha value is -1.20. The van der Waals surface area contributed by atoms with Crippen molar-refractivity contribution in [2.75, 3.05) is 25.1 Å². The predicted octanol–water partition coefficient (Wildman–Crippen LogP) is 1.67. The summed E-state index contributed by atoms with van der Waals surface area (Å²) in [7, 11) is 2.06. The first-order valence-electron chi connectivity index (χ1n) is 8.01. The summed E-state index contributed by atoms with van der Waals surface area (Å²) in [6.07, 6.45) is 8.39. The lowest BCUT2D eigenvalue weighted by atomic mass is 9.78. The average Bonchev–Trinajstić information content (AvgIpc) is 2.93. The van der Waals surface area contributed by atoms with Crippen LogP contribution in [0.3, 0.4) is 0 Å². The van der Waals surface area contributed by atoms with Crippen molar-refractivity contribution in [3.05, 3.63) is 18.1 Å². The van der Waals surface area contributed by atoms with Gasteiger partial charge in [0.2, 0.25) is 0 Å². The van der Waals surface area contributed by atoms with Gasteiger partial charge in [0.05, 0.1) is 6.61 Å². The van der Waals surface area contributed by atoms with Crippen LogP contribution in [0.2, 0.25) is 0 Å². The van der Waals surface area contributed by atoms with E-state index in [1.54, 1.807) is 6.33 Å². The summed E-state index contributed by atoms with van der Waals surface area (Å²) in [5, 5.41) is 9.76. The van der Waals surface area contributed by atoms with E-state index in [9.17, 15) is 5.11 Å². The van der Waals surface area contributed by atoms with E-state index in [4.69, 9.17) is 5.73 Å². The molecular formula is C16H26N4O. The molecule has 0 saturated heterocycles. The Labute approximate surface area is 126 Å². The summed E-state index contributed by atoms with van der Waals surface area (Å²) in [5.74, 6) is 1.45. The molecule has 0 aromatic carbocycles. The van der Waals surface area contributed by atoms with Crippen molar-refractivity contribution in [2.24, 2.45) is 11.1 Å². The lowest BCUT2D eigenvalue weighted by molar-refractivity contribution is 0.136. The zero-order valence-corrected chi connectivity index (χ0v) is 12.8. The highest BCUT2D eigenvalue weighted by Crippen LogP contribution is 2.39. The van der Waals surface area contributed by atoms with Gasteiger partial charge in [0.15, 0.2) is 0 Å². The smallest absolute Gasteiger partial charge is 0.131 e. The Balaban J connectivity index is 1.69. The molecule has 0 bridgehead atoms. The molecule has 0 unspecified atom stereocenters. The second kappa shape index (κ2) is 5.89. The van der Waals surface area contributed by atoms with Gasteiger partial charge >= 0.3 is 0 Å². The molecule has 2 saturated carbocycles. The number of nitrogens with zero attached hydrogens (tertiary/aromatic N) is 3. The van der Waals surface area contributed by atoms with E-state index in [0.29, 0.717) is 12.0 Å². The summed E-state index contributed by atoms with van der Waals surface area (Å²) < 4.78 is 0. The highest BCUT2D eigenvalue weighted by Gasteiger charge is 2.35. The van der Waals surface area contributed by atoms with Crippen molar-refractivity contribution in [2.45, 2.75) is 50.5 Å². The number of hydrogen-bond acceptors (Lipinski definition) is 5. The minimum absolute atomic E-state index is 0.0543. The first-order valence-corrected chi connectivity index (χ1v) is 8.01. The van der Waals surface area contributed by atoms with Gasteiger partial charge < -0.3 is 15.7 Å². The Bertz CT molecular complexity index is 481. The number of hydrogen-bond donors (Lipinski definition) is 2. The van der Waals surface area contributed by atoms with Gasteiger partial charge in [-0.15, -0.1) is 0 Å². The number of aromatic nitrogens is 2. The Kier molecular flexibility index (Phi) is 4.13. The van der Waals surface area contributed by atoms with Crippen molar-refractivity contribution < 1.29 is 5.11 Å². The zero-order chi connectivity index (χ0) is 14.9. The Morgan fingerprint density at radius 1 is 1.33 bits per heavy atom. The van der Waals surface area contributed by atoms with Crippen molar-refractivity contribution >= 4 is 5.82 Å². The monoisotopic (exact) mass is 290 g/mol. The summed E-state index contributed by atoms with van der Waals surface area (Å²) in [5.41, 5.74) is 7.03. The largest absolute Gasteiger partial charge is 0.396 e. The van der Waals surface area contributed by atoms with Crippen LogP contribution in [0.5, 0.6) is 0 Å². The van der Waals surface area contributed by atoms with Crippen LogP contribution >= 0.6 is 0 Å². The molecule has 0 aliphatic heterocycles. The van der Waals surface area contributed by atoms with E-state index in [-0.39, 0.29) is 12.0 Å². The fourth-order valence-corrected chi connectivity index (χ4v) is 3.77. The molecule has 5 heteroatoms. The number of rotatable bonds is 5. The number of aliphatic hydroxyl groups excluding tert-OH is 1. The van der Waals surface area contributed by atoms with Crippen molar-refractivity contribution in [1.29, 1.82) is 0 Å². The summed E-state index contributed by atoms with van der Waals surface area (Å²) in [6.45, 7) is 1.14. The van der Waals surface area contributed by atoms with Gasteiger partial charge in [-0.3, -0.25) is 0 Å². The van der Waals surface area contributed by atoms with Gasteiger partial charge in [-0.1, -0.05) is 12.8 Å². The molecule has 2 fully saturated rings. The van der Waals surface area contributed by atoms with Crippen molar-refractivity contribution in [3.63, 3.8) is 0 Å². The first kappa shape index (κ1) is 14.7. The van der Waals surface area contributed by atoms with E-state index < -0.39 is 0 Å². The molecular weight excluding hydrogens is 264 g/mol. The minimum Gasteiger partial charge on any atom is -0.396 e. The molecule has 5 nitrogen and oxygen atoms in total. The SMILES string of the molecule is CN(CC1(CO)CCCC1)c1cc(C2CC(N)C2)ncn1. The van der Waals surface area contributed by atoms with Gasteiger partial charge in [0.1, 0.15) is 12.1 Å². The quantitative estimate of drug-likeness (QED) is 0.863. The zero-order valence-electron chi connectivity index (χ0n) is 12.8. The lowest BCUT2D eigenvalue weighted by Gasteiger charge is -2.34. The third kappa shape index (κ3) is 3.04. The maximum Gasteiger partial charge on any atom is 0.131 e. The standard InChI is InChI=1S/C16H26N4O/c1-20(9-16(10-21)4-2-3-5-16)15-8-14(18-11-19-15)12-6-13(17)7-12/h8,11-13,21H,2-7,9-10,17H2,1H3. The number of anilines is 1. The average molecular weight is 290 g/mol. The maximum absolute atomic E-state index is 9.76.